The third-order valence-corrected chi connectivity index (χ3v) is 5.69. The van der Waals surface area contributed by atoms with Crippen molar-refractivity contribution in [3.05, 3.63) is 65.7 Å². The van der Waals surface area contributed by atoms with Crippen LogP contribution in [0.4, 0.5) is 0 Å². The zero-order valence-electron chi connectivity index (χ0n) is 21.2. The minimum Gasteiger partial charge on any atom is -0.550 e. The number of pyridine rings is 1. The number of aryl methyl sites for hydroxylation is 1. The number of para-hydroxylation sites is 1. The maximum Gasteiger partial charge on any atom is 1.00 e. The van der Waals surface area contributed by atoms with Gasteiger partial charge in [0, 0.05) is 29.8 Å². The number of aliphatic hydroxyl groups is 1. The summed E-state index contributed by atoms with van der Waals surface area (Å²) in [5.74, 6) is 6.08. The predicted octanol–water partition coefficient (Wildman–Crippen LogP) is 1.39. The Balaban J connectivity index is 0.00000456. The van der Waals surface area contributed by atoms with Crippen molar-refractivity contribution in [2.45, 2.75) is 57.5 Å². The molecule has 7 heteroatoms. The van der Waals surface area contributed by atoms with Crippen LogP contribution in [0, 0.1) is 11.8 Å². The summed E-state index contributed by atoms with van der Waals surface area (Å²) < 4.78 is 11.2. The summed E-state index contributed by atoms with van der Waals surface area (Å²) in [6.45, 7) is 0.516. The molecule has 1 atom stereocenters. The first-order valence-corrected chi connectivity index (χ1v) is 12.1. The van der Waals surface area contributed by atoms with E-state index in [9.17, 15) is 15.0 Å². The number of methoxy groups -OCH3 is 1. The molecule has 6 nitrogen and oxygen atoms in total. The Labute approximate surface area is 235 Å². The van der Waals surface area contributed by atoms with Gasteiger partial charge in [-0.15, -0.1) is 11.8 Å². The molecule has 0 bridgehead atoms. The zero-order valence-corrected chi connectivity index (χ0v) is 23.2. The van der Waals surface area contributed by atoms with Gasteiger partial charge in [0.25, 0.3) is 0 Å². The maximum atomic E-state index is 10.8. The van der Waals surface area contributed by atoms with E-state index in [1.165, 1.54) is 5.56 Å². The summed E-state index contributed by atoms with van der Waals surface area (Å²) in [6, 6.07) is 17.8. The number of benzene rings is 2. The second-order valence-electron chi connectivity index (χ2n) is 8.38. The van der Waals surface area contributed by atoms with Gasteiger partial charge in [-0.1, -0.05) is 30.3 Å². The molecule has 1 N–H and O–H groups in total. The van der Waals surface area contributed by atoms with Gasteiger partial charge in [0.2, 0.25) is 5.88 Å². The van der Waals surface area contributed by atoms with Crippen LogP contribution in [0.25, 0.3) is 10.9 Å². The quantitative estimate of drug-likeness (QED) is 0.218. The van der Waals surface area contributed by atoms with E-state index in [-0.39, 0.29) is 42.4 Å². The molecule has 0 aliphatic rings. The fraction of sp³-hybridized carbons (Fsp3) is 0.379. The summed E-state index contributed by atoms with van der Waals surface area (Å²) in [5.41, 5.74) is 2.71. The van der Waals surface area contributed by atoms with Crippen molar-refractivity contribution in [3.8, 4) is 23.5 Å². The number of aliphatic hydroxyl groups excluding tert-OH is 1. The fourth-order valence-corrected chi connectivity index (χ4v) is 3.73. The molecule has 0 radical (unpaired) electrons. The predicted molar refractivity (Wildman–Crippen MR) is 134 cm³/mol. The molecule has 0 aliphatic heterocycles. The van der Waals surface area contributed by atoms with Crippen LogP contribution in [0.2, 0.25) is 0 Å². The van der Waals surface area contributed by atoms with Gasteiger partial charge in [-0.3, -0.25) is 0 Å². The van der Waals surface area contributed by atoms with E-state index in [0.717, 1.165) is 42.3 Å². The molecular weight excluding hydrogens is 465 g/mol. The summed E-state index contributed by atoms with van der Waals surface area (Å²) in [4.78, 5) is 15.1. The number of hydrogen-bond acceptors (Lipinski definition) is 6. The summed E-state index contributed by atoms with van der Waals surface area (Å²) >= 11 is 0. The van der Waals surface area contributed by atoms with Gasteiger partial charge < -0.3 is 24.5 Å². The van der Waals surface area contributed by atoms with Gasteiger partial charge in [-0.25, -0.2) is 4.98 Å². The molecule has 1 unspecified atom stereocenters. The van der Waals surface area contributed by atoms with Crippen LogP contribution in [0.5, 0.6) is 11.6 Å². The minimum absolute atomic E-state index is 0. The van der Waals surface area contributed by atoms with Crippen LogP contribution in [0.3, 0.4) is 0 Å². The number of aromatic nitrogens is 1. The van der Waals surface area contributed by atoms with E-state index < -0.39 is 12.1 Å². The van der Waals surface area contributed by atoms with Crippen LogP contribution in [0.15, 0.2) is 54.6 Å². The molecular formula is C29H32NNaO5. The second kappa shape index (κ2) is 16.2. The molecule has 36 heavy (non-hydrogen) atoms. The normalized spacial score (nSPS) is 11.2. The van der Waals surface area contributed by atoms with E-state index >= 15 is 0 Å². The largest absolute Gasteiger partial charge is 1.00 e. The van der Waals surface area contributed by atoms with Crippen molar-refractivity contribution >= 4 is 16.9 Å². The molecule has 0 spiro atoms. The number of carboxylic acid groups (broad SMARTS) is 1. The number of fused-ring (bicyclic) bond motifs is 1. The van der Waals surface area contributed by atoms with Gasteiger partial charge in [-0.05, 0) is 68.4 Å². The Morgan fingerprint density at radius 3 is 2.58 bits per heavy atom. The van der Waals surface area contributed by atoms with Crippen LogP contribution in [-0.4, -0.2) is 29.8 Å². The molecule has 0 saturated heterocycles. The molecule has 0 aliphatic carbocycles. The van der Waals surface area contributed by atoms with Crippen LogP contribution in [0.1, 0.15) is 62.2 Å². The molecule has 1 heterocycles. The molecule has 0 fully saturated rings. The van der Waals surface area contributed by atoms with Crippen LogP contribution >= 0.6 is 0 Å². The SMILES string of the molecule is COc1ccc(CCCCCOc2nc3ccccc3cc2C(O)CC#CCCCC(=O)[O-])cc1.[Na+]. The molecule has 3 aromatic rings. The number of nitrogens with zero attached hydrogens (tertiary/aromatic N) is 1. The monoisotopic (exact) mass is 497 g/mol. The minimum atomic E-state index is -1.07. The molecule has 0 saturated carbocycles. The number of ether oxygens (including phenoxy) is 2. The summed E-state index contributed by atoms with van der Waals surface area (Å²) in [6.07, 6.45) is 4.24. The van der Waals surface area contributed by atoms with Crippen molar-refractivity contribution in [3.63, 3.8) is 0 Å². The van der Waals surface area contributed by atoms with Gasteiger partial charge in [0.1, 0.15) is 5.75 Å². The number of carboxylic acids is 1. The Bertz CT molecular complexity index is 1150. The zero-order chi connectivity index (χ0) is 24.9. The Morgan fingerprint density at radius 2 is 1.83 bits per heavy atom. The summed E-state index contributed by atoms with van der Waals surface area (Å²) in [7, 11) is 1.67. The van der Waals surface area contributed by atoms with Crippen molar-refractivity contribution in [1.29, 1.82) is 0 Å². The number of rotatable bonds is 13. The maximum absolute atomic E-state index is 10.8. The van der Waals surface area contributed by atoms with E-state index in [2.05, 4.69) is 29.0 Å². The number of carbonyl (C=O) groups is 1. The number of carbonyl (C=O) groups excluding carboxylic acids is 1. The third kappa shape index (κ3) is 9.83. The average Bonchev–Trinajstić information content (AvgIpc) is 2.87. The summed E-state index contributed by atoms with van der Waals surface area (Å²) in [5, 5.41) is 22.2. The van der Waals surface area contributed by atoms with E-state index in [0.29, 0.717) is 30.9 Å². The van der Waals surface area contributed by atoms with Crippen LogP contribution < -0.4 is 44.1 Å². The third-order valence-electron chi connectivity index (χ3n) is 5.69. The number of aliphatic carboxylic acids is 1. The fourth-order valence-electron chi connectivity index (χ4n) is 3.73. The van der Waals surface area contributed by atoms with E-state index in [4.69, 9.17) is 9.47 Å². The smallest absolute Gasteiger partial charge is 0.550 e. The Kier molecular flexibility index (Phi) is 13.4. The molecule has 184 valence electrons. The molecule has 1 aromatic heterocycles. The van der Waals surface area contributed by atoms with Crippen molar-refractivity contribution in [2.75, 3.05) is 13.7 Å². The van der Waals surface area contributed by atoms with Crippen molar-refractivity contribution < 1.29 is 54.0 Å². The van der Waals surface area contributed by atoms with Crippen molar-refractivity contribution in [2.24, 2.45) is 0 Å². The molecule has 3 rings (SSSR count). The van der Waals surface area contributed by atoms with Gasteiger partial charge >= 0.3 is 29.6 Å². The standard InChI is InChI=1S/C29H33NO5.Na/c1-34-24-18-16-22(17-19-24)11-5-4-10-20-35-29-25(21-23-12-8-9-13-26(23)30-29)27(31)14-6-2-3-7-15-28(32)33;/h8-9,12-13,16-19,21,27,31H,3-5,7,10-11,14-15,20H2,1H3,(H,32,33);/q;+1/p-1. The van der Waals surface area contributed by atoms with Gasteiger partial charge in [0.15, 0.2) is 0 Å². The Hall–Kier alpha value is -2.56. The Morgan fingerprint density at radius 1 is 1.06 bits per heavy atom. The topological polar surface area (TPSA) is 91.7 Å². The molecule has 2 aromatic carbocycles. The van der Waals surface area contributed by atoms with Crippen molar-refractivity contribution in [1.82, 2.24) is 4.98 Å². The first-order valence-electron chi connectivity index (χ1n) is 12.1. The van der Waals surface area contributed by atoms with Crippen LogP contribution in [-0.2, 0) is 11.2 Å². The van der Waals surface area contributed by atoms with Gasteiger partial charge in [0.05, 0.1) is 25.3 Å². The molecule has 0 amide bonds. The average molecular weight is 498 g/mol. The van der Waals surface area contributed by atoms with E-state index in [1.54, 1.807) is 7.11 Å². The van der Waals surface area contributed by atoms with E-state index in [1.807, 2.05) is 42.5 Å². The number of unbranched alkanes of at least 4 members (excludes halogenated alkanes) is 3. The number of hydrogen-bond donors (Lipinski definition) is 1. The first-order chi connectivity index (χ1) is 17.1. The van der Waals surface area contributed by atoms with Gasteiger partial charge in [-0.2, -0.15) is 0 Å². The first kappa shape index (κ1) is 29.7. The second-order valence-corrected chi connectivity index (χ2v) is 8.38.